The molecule has 0 aliphatic carbocycles. The zero-order valence-corrected chi connectivity index (χ0v) is 13.1. The van der Waals surface area contributed by atoms with Crippen LogP contribution in [0.25, 0.3) is 0 Å². The van der Waals surface area contributed by atoms with Crippen LogP contribution in [0, 0.1) is 0 Å². The van der Waals surface area contributed by atoms with Crippen molar-refractivity contribution >= 4 is 11.6 Å². The number of ether oxygens (including phenoxy) is 2. The fourth-order valence-electron chi connectivity index (χ4n) is 3.21. The summed E-state index contributed by atoms with van der Waals surface area (Å²) >= 11 is 0. The van der Waals surface area contributed by atoms with Crippen molar-refractivity contribution < 1.29 is 14.3 Å². The highest BCUT2D eigenvalue weighted by molar-refractivity contribution is 5.98. The largest absolute Gasteiger partial charge is 0.497 e. The molecule has 5 nitrogen and oxygen atoms in total. The average molecular weight is 304 g/mol. The number of rotatable bonds is 4. The van der Waals surface area contributed by atoms with Crippen molar-refractivity contribution in [2.75, 3.05) is 31.8 Å². The van der Waals surface area contributed by atoms with Gasteiger partial charge in [-0.2, -0.15) is 0 Å². The van der Waals surface area contributed by atoms with Gasteiger partial charge in [-0.3, -0.25) is 4.79 Å². The van der Waals surface area contributed by atoms with Gasteiger partial charge in [0.25, 0.3) is 0 Å². The number of benzene rings is 1. The monoisotopic (exact) mass is 304 g/mol. The van der Waals surface area contributed by atoms with Crippen LogP contribution in [0.15, 0.2) is 24.3 Å². The minimum Gasteiger partial charge on any atom is -0.497 e. The summed E-state index contributed by atoms with van der Waals surface area (Å²) in [4.78, 5) is 14.7. The van der Waals surface area contributed by atoms with Gasteiger partial charge in [0.1, 0.15) is 5.75 Å². The summed E-state index contributed by atoms with van der Waals surface area (Å²) in [6.07, 6.45) is 3.91. The Morgan fingerprint density at radius 3 is 2.86 bits per heavy atom. The van der Waals surface area contributed by atoms with Gasteiger partial charge in [0.15, 0.2) is 0 Å². The van der Waals surface area contributed by atoms with Gasteiger partial charge in [0.2, 0.25) is 5.91 Å². The van der Waals surface area contributed by atoms with Crippen LogP contribution >= 0.6 is 0 Å². The molecule has 0 bridgehead atoms. The number of methoxy groups -OCH3 is 1. The van der Waals surface area contributed by atoms with Crippen molar-refractivity contribution in [2.24, 2.45) is 0 Å². The molecule has 1 atom stereocenters. The van der Waals surface area contributed by atoms with E-state index in [4.69, 9.17) is 9.47 Å². The molecule has 1 aromatic rings. The molecule has 0 radical (unpaired) electrons. The first-order valence-corrected chi connectivity index (χ1v) is 8.07. The van der Waals surface area contributed by atoms with E-state index in [1.54, 1.807) is 7.11 Å². The van der Waals surface area contributed by atoms with Crippen LogP contribution in [0.2, 0.25) is 0 Å². The smallest absolute Gasteiger partial charge is 0.244 e. The summed E-state index contributed by atoms with van der Waals surface area (Å²) in [5.41, 5.74) is 0.919. The highest BCUT2D eigenvalue weighted by Crippen LogP contribution is 2.25. The molecule has 2 saturated heterocycles. The molecule has 1 amide bonds. The highest BCUT2D eigenvalue weighted by Gasteiger charge is 2.31. The SMILES string of the molecule is COc1cccc(N2CCC[C@@H](NC3CCOCC3)C2=O)c1. The van der Waals surface area contributed by atoms with E-state index in [0.717, 1.165) is 56.9 Å². The van der Waals surface area contributed by atoms with Crippen molar-refractivity contribution in [1.29, 1.82) is 0 Å². The Hall–Kier alpha value is -1.59. The lowest BCUT2D eigenvalue weighted by molar-refractivity contribution is -0.122. The molecule has 0 unspecified atom stereocenters. The van der Waals surface area contributed by atoms with E-state index in [9.17, 15) is 4.79 Å². The fourth-order valence-corrected chi connectivity index (χ4v) is 3.21. The Morgan fingerprint density at radius 1 is 1.27 bits per heavy atom. The molecule has 2 aliphatic rings. The third-order valence-electron chi connectivity index (χ3n) is 4.46. The number of amides is 1. The van der Waals surface area contributed by atoms with Crippen molar-refractivity contribution in [3.8, 4) is 5.75 Å². The van der Waals surface area contributed by atoms with Gasteiger partial charge >= 0.3 is 0 Å². The molecule has 2 aliphatic heterocycles. The standard InChI is InChI=1S/C17H24N2O3/c1-21-15-5-2-4-14(12-15)19-9-3-6-16(17(19)20)18-13-7-10-22-11-8-13/h2,4-5,12-13,16,18H,3,6-11H2,1H3/t16-/m1/s1. The molecule has 2 heterocycles. The number of carbonyl (C=O) groups is 1. The van der Waals surface area contributed by atoms with Crippen LogP contribution in [0.4, 0.5) is 5.69 Å². The number of hydrogen-bond acceptors (Lipinski definition) is 4. The number of piperidine rings is 1. The van der Waals surface area contributed by atoms with Gasteiger partial charge in [0.05, 0.1) is 13.2 Å². The summed E-state index contributed by atoms with van der Waals surface area (Å²) in [7, 11) is 1.65. The third kappa shape index (κ3) is 3.42. The van der Waals surface area contributed by atoms with Crippen molar-refractivity contribution in [3.05, 3.63) is 24.3 Å². The van der Waals surface area contributed by atoms with E-state index in [1.165, 1.54) is 0 Å². The van der Waals surface area contributed by atoms with Crippen LogP contribution in [0.3, 0.4) is 0 Å². The first-order valence-electron chi connectivity index (χ1n) is 8.07. The molecule has 0 saturated carbocycles. The molecule has 120 valence electrons. The molecule has 1 N–H and O–H groups in total. The van der Waals surface area contributed by atoms with Crippen LogP contribution in [0.1, 0.15) is 25.7 Å². The summed E-state index contributed by atoms with van der Waals surface area (Å²) in [5.74, 6) is 0.954. The van der Waals surface area contributed by atoms with Crippen LogP contribution in [0.5, 0.6) is 5.75 Å². The average Bonchev–Trinajstić information content (AvgIpc) is 2.58. The van der Waals surface area contributed by atoms with E-state index in [2.05, 4.69) is 5.32 Å². The lowest BCUT2D eigenvalue weighted by atomic mass is 10.0. The van der Waals surface area contributed by atoms with Gasteiger partial charge in [-0.1, -0.05) is 6.07 Å². The second-order valence-electron chi connectivity index (χ2n) is 5.94. The molecule has 1 aromatic carbocycles. The summed E-state index contributed by atoms with van der Waals surface area (Å²) in [5, 5.41) is 3.53. The predicted octanol–water partition coefficient (Wildman–Crippen LogP) is 1.96. The Kier molecular flexibility index (Phi) is 4.95. The zero-order valence-electron chi connectivity index (χ0n) is 13.1. The summed E-state index contributed by atoms with van der Waals surface area (Å²) in [6, 6.07) is 8.04. The van der Waals surface area contributed by atoms with E-state index in [0.29, 0.717) is 6.04 Å². The van der Waals surface area contributed by atoms with Gasteiger partial charge in [-0.15, -0.1) is 0 Å². The van der Waals surface area contributed by atoms with E-state index in [-0.39, 0.29) is 11.9 Å². The molecule has 22 heavy (non-hydrogen) atoms. The minimum absolute atomic E-state index is 0.0805. The summed E-state index contributed by atoms with van der Waals surface area (Å²) in [6.45, 7) is 2.36. The first kappa shape index (κ1) is 15.3. The van der Waals surface area contributed by atoms with Crippen molar-refractivity contribution in [1.82, 2.24) is 5.32 Å². The normalized spacial score (nSPS) is 23.6. The first-order chi connectivity index (χ1) is 10.8. The second-order valence-corrected chi connectivity index (χ2v) is 5.94. The van der Waals surface area contributed by atoms with E-state index >= 15 is 0 Å². The number of carbonyl (C=O) groups excluding carboxylic acids is 1. The van der Waals surface area contributed by atoms with Crippen LogP contribution < -0.4 is 15.0 Å². The lowest BCUT2D eigenvalue weighted by Crippen LogP contribution is -2.54. The van der Waals surface area contributed by atoms with E-state index in [1.807, 2.05) is 29.2 Å². The number of nitrogens with zero attached hydrogens (tertiary/aromatic N) is 1. The van der Waals surface area contributed by atoms with Gasteiger partial charge in [-0.05, 0) is 37.8 Å². The quantitative estimate of drug-likeness (QED) is 0.924. The topological polar surface area (TPSA) is 50.8 Å². The molecule has 5 heteroatoms. The Labute approximate surface area is 131 Å². The molecule has 0 spiro atoms. The fraction of sp³-hybridized carbons (Fsp3) is 0.588. The maximum atomic E-state index is 12.8. The van der Waals surface area contributed by atoms with Crippen molar-refractivity contribution in [2.45, 2.75) is 37.8 Å². The van der Waals surface area contributed by atoms with Crippen molar-refractivity contribution in [3.63, 3.8) is 0 Å². The number of hydrogen-bond donors (Lipinski definition) is 1. The number of nitrogens with one attached hydrogen (secondary N) is 1. The third-order valence-corrected chi connectivity index (χ3v) is 4.46. The molecule has 2 fully saturated rings. The number of anilines is 1. The molecular weight excluding hydrogens is 280 g/mol. The van der Waals surface area contributed by atoms with Gasteiger partial charge in [-0.25, -0.2) is 0 Å². The Morgan fingerprint density at radius 2 is 2.09 bits per heavy atom. The molecule has 0 aromatic heterocycles. The van der Waals surface area contributed by atoms with Gasteiger partial charge < -0.3 is 19.7 Å². The zero-order chi connectivity index (χ0) is 15.4. The lowest BCUT2D eigenvalue weighted by Gasteiger charge is -2.35. The predicted molar refractivity (Wildman–Crippen MR) is 85.3 cm³/mol. The molecule has 3 rings (SSSR count). The highest BCUT2D eigenvalue weighted by atomic mass is 16.5. The minimum atomic E-state index is -0.0805. The van der Waals surface area contributed by atoms with Crippen LogP contribution in [-0.2, 0) is 9.53 Å². The van der Waals surface area contributed by atoms with Gasteiger partial charge in [0, 0.05) is 37.6 Å². The second kappa shape index (κ2) is 7.11. The Balaban J connectivity index is 1.68. The molecular formula is C17H24N2O3. The maximum absolute atomic E-state index is 12.8. The maximum Gasteiger partial charge on any atom is 0.244 e. The summed E-state index contributed by atoms with van der Waals surface area (Å²) < 4.78 is 10.6. The Bertz CT molecular complexity index is 514. The van der Waals surface area contributed by atoms with E-state index < -0.39 is 0 Å². The van der Waals surface area contributed by atoms with Crippen LogP contribution in [-0.4, -0.2) is 44.9 Å².